The fraction of sp³-hybridized carbons (Fsp3) is 0.538. The first-order chi connectivity index (χ1) is 7.34. The van der Waals surface area contributed by atoms with Crippen LogP contribution in [0, 0.1) is 5.92 Å². The Hall–Kier alpha value is -0.340. The summed E-state index contributed by atoms with van der Waals surface area (Å²) in [7, 11) is 0. The first kappa shape index (κ1) is 11.2. The van der Waals surface area contributed by atoms with Gasteiger partial charge < -0.3 is 4.74 Å². The second-order valence-corrected chi connectivity index (χ2v) is 5.21. The van der Waals surface area contributed by atoms with Crippen LogP contribution >= 0.6 is 15.9 Å². The maximum absolute atomic E-state index is 5.74. The molecule has 1 nitrogen and oxygen atoms in total. The minimum Gasteiger partial charge on any atom is -0.376 e. The molecule has 82 valence electrons. The molecule has 0 heterocycles. The number of hydrogen-bond acceptors (Lipinski definition) is 1. The van der Waals surface area contributed by atoms with E-state index in [9.17, 15) is 0 Å². The van der Waals surface area contributed by atoms with Gasteiger partial charge in [0.25, 0.3) is 0 Å². The van der Waals surface area contributed by atoms with Gasteiger partial charge in [0.15, 0.2) is 0 Å². The Morgan fingerprint density at radius 3 is 2.80 bits per heavy atom. The van der Waals surface area contributed by atoms with E-state index in [2.05, 4.69) is 34.1 Å². The molecule has 2 heteroatoms. The van der Waals surface area contributed by atoms with Crippen molar-refractivity contribution in [3.63, 3.8) is 0 Å². The lowest BCUT2D eigenvalue weighted by molar-refractivity contribution is 0.0888. The Morgan fingerprint density at radius 1 is 1.27 bits per heavy atom. The Balaban J connectivity index is 1.73. The summed E-state index contributed by atoms with van der Waals surface area (Å²) in [6, 6.07) is 8.33. The first-order valence-electron chi connectivity index (χ1n) is 5.67. The summed E-state index contributed by atoms with van der Waals surface area (Å²) in [6.45, 7) is 1.68. The summed E-state index contributed by atoms with van der Waals surface area (Å²) in [5.41, 5.74) is 1.25. The predicted molar refractivity (Wildman–Crippen MR) is 65.8 cm³/mol. The predicted octanol–water partition coefficient (Wildman–Crippen LogP) is 4.16. The zero-order chi connectivity index (χ0) is 10.5. The minimum atomic E-state index is 0.746. The molecule has 0 radical (unpaired) electrons. The van der Waals surface area contributed by atoms with Gasteiger partial charge in [0.2, 0.25) is 0 Å². The van der Waals surface area contributed by atoms with E-state index in [1.54, 1.807) is 0 Å². The van der Waals surface area contributed by atoms with Gasteiger partial charge in [-0.1, -0.05) is 40.9 Å². The second kappa shape index (κ2) is 5.66. The van der Waals surface area contributed by atoms with E-state index in [4.69, 9.17) is 4.74 Å². The van der Waals surface area contributed by atoms with Crippen LogP contribution in [0.3, 0.4) is 0 Å². The van der Waals surface area contributed by atoms with Crippen LogP contribution < -0.4 is 0 Å². The van der Waals surface area contributed by atoms with Gasteiger partial charge in [-0.2, -0.15) is 0 Å². The van der Waals surface area contributed by atoms with Crippen molar-refractivity contribution in [2.75, 3.05) is 6.61 Å². The molecule has 0 bridgehead atoms. The molecule has 1 aliphatic rings. The highest BCUT2D eigenvalue weighted by molar-refractivity contribution is 9.10. The Morgan fingerprint density at radius 2 is 2.07 bits per heavy atom. The molecule has 0 aromatic heterocycles. The summed E-state index contributed by atoms with van der Waals surface area (Å²) in [6.07, 6.45) is 5.51. The van der Waals surface area contributed by atoms with E-state index < -0.39 is 0 Å². The molecule has 1 saturated carbocycles. The Labute approximate surface area is 100.0 Å². The van der Waals surface area contributed by atoms with Crippen LogP contribution in [0.1, 0.15) is 31.2 Å². The maximum atomic E-state index is 5.74. The summed E-state index contributed by atoms with van der Waals surface area (Å²) >= 11 is 3.46. The monoisotopic (exact) mass is 268 g/mol. The summed E-state index contributed by atoms with van der Waals surface area (Å²) in [5.74, 6) is 0.817. The Bertz CT molecular complexity index is 305. The molecular formula is C13H17BrO. The van der Waals surface area contributed by atoms with Gasteiger partial charge in [-0.25, -0.2) is 0 Å². The molecule has 1 aliphatic carbocycles. The third-order valence-corrected chi connectivity index (χ3v) is 3.48. The SMILES string of the molecule is Brc1cccc(COCC2CCCC2)c1. The molecule has 1 fully saturated rings. The molecule has 0 amide bonds. The topological polar surface area (TPSA) is 9.23 Å². The van der Waals surface area contributed by atoms with Gasteiger partial charge in [0.05, 0.1) is 6.61 Å². The minimum absolute atomic E-state index is 0.746. The second-order valence-electron chi connectivity index (χ2n) is 4.30. The third-order valence-electron chi connectivity index (χ3n) is 2.99. The van der Waals surface area contributed by atoms with Crippen LogP contribution in [-0.4, -0.2) is 6.61 Å². The van der Waals surface area contributed by atoms with Crippen molar-refractivity contribution in [2.45, 2.75) is 32.3 Å². The Kier molecular flexibility index (Phi) is 4.21. The third kappa shape index (κ3) is 3.62. The standard InChI is InChI=1S/C13H17BrO/c14-13-7-3-6-12(8-13)10-15-9-11-4-1-2-5-11/h3,6-8,11H,1-2,4-5,9-10H2. The lowest BCUT2D eigenvalue weighted by Crippen LogP contribution is -2.05. The van der Waals surface area contributed by atoms with Gasteiger partial charge in [-0.15, -0.1) is 0 Å². The molecule has 2 rings (SSSR count). The van der Waals surface area contributed by atoms with Crippen LogP contribution in [0.5, 0.6) is 0 Å². The number of rotatable bonds is 4. The van der Waals surface area contributed by atoms with Crippen LogP contribution in [0.2, 0.25) is 0 Å². The van der Waals surface area contributed by atoms with E-state index in [1.807, 2.05) is 6.07 Å². The molecule has 0 atom stereocenters. The van der Waals surface area contributed by atoms with E-state index in [0.29, 0.717) is 0 Å². The molecule has 0 N–H and O–H groups in total. The van der Waals surface area contributed by atoms with Crippen molar-refractivity contribution >= 4 is 15.9 Å². The lowest BCUT2D eigenvalue weighted by Gasteiger charge is -2.09. The molecule has 0 spiro atoms. The normalized spacial score (nSPS) is 17.1. The average molecular weight is 269 g/mol. The van der Waals surface area contributed by atoms with Crippen molar-refractivity contribution in [1.29, 1.82) is 0 Å². The molecule has 15 heavy (non-hydrogen) atoms. The fourth-order valence-electron chi connectivity index (χ4n) is 2.15. The highest BCUT2D eigenvalue weighted by atomic mass is 79.9. The van der Waals surface area contributed by atoms with Crippen LogP contribution in [0.15, 0.2) is 28.7 Å². The number of hydrogen-bond donors (Lipinski definition) is 0. The smallest absolute Gasteiger partial charge is 0.0717 e. The van der Waals surface area contributed by atoms with Gasteiger partial charge >= 0.3 is 0 Å². The molecule has 1 aromatic carbocycles. The molecule has 0 aliphatic heterocycles. The molecule has 1 aromatic rings. The molecule has 0 unspecified atom stereocenters. The van der Waals surface area contributed by atoms with Gasteiger partial charge in [-0.05, 0) is 36.5 Å². The van der Waals surface area contributed by atoms with Crippen LogP contribution in [0.4, 0.5) is 0 Å². The lowest BCUT2D eigenvalue weighted by atomic mass is 10.1. The fourth-order valence-corrected chi connectivity index (χ4v) is 2.59. The molecule has 0 saturated heterocycles. The average Bonchev–Trinajstić information content (AvgIpc) is 2.71. The van der Waals surface area contributed by atoms with Crippen molar-refractivity contribution in [1.82, 2.24) is 0 Å². The number of halogens is 1. The van der Waals surface area contributed by atoms with Crippen LogP contribution in [-0.2, 0) is 11.3 Å². The van der Waals surface area contributed by atoms with Gasteiger partial charge in [0.1, 0.15) is 0 Å². The van der Waals surface area contributed by atoms with Crippen molar-refractivity contribution in [2.24, 2.45) is 5.92 Å². The summed E-state index contributed by atoms with van der Waals surface area (Å²) in [4.78, 5) is 0. The van der Waals surface area contributed by atoms with Crippen molar-refractivity contribution in [3.05, 3.63) is 34.3 Å². The summed E-state index contributed by atoms with van der Waals surface area (Å²) < 4.78 is 6.87. The van der Waals surface area contributed by atoms with Gasteiger partial charge in [-0.3, -0.25) is 0 Å². The van der Waals surface area contributed by atoms with Crippen LogP contribution in [0.25, 0.3) is 0 Å². The van der Waals surface area contributed by atoms with Crippen molar-refractivity contribution < 1.29 is 4.74 Å². The largest absolute Gasteiger partial charge is 0.376 e. The maximum Gasteiger partial charge on any atom is 0.0717 e. The number of ether oxygens (including phenoxy) is 1. The van der Waals surface area contributed by atoms with E-state index in [-0.39, 0.29) is 0 Å². The zero-order valence-corrected chi connectivity index (χ0v) is 10.5. The quantitative estimate of drug-likeness (QED) is 0.797. The highest BCUT2D eigenvalue weighted by Gasteiger charge is 2.14. The zero-order valence-electron chi connectivity index (χ0n) is 8.92. The van der Waals surface area contributed by atoms with Gasteiger partial charge in [0, 0.05) is 11.1 Å². The number of benzene rings is 1. The first-order valence-corrected chi connectivity index (χ1v) is 6.46. The summed E-state index contributed by atoms with van der Waals surface area (Å²) in [5, 5.41) is 0. The van der Waals surface area contributed by atoms with E-state index in [1.165, 1.54) is 31.2 Å². The van der Waals surface area contributed by atoms with E-state index in [0.717, 1.165) is 23.6 Å². The van der Waals surface area contributed by atoms with Crippen molar-refractivity contribution in [3.8, 4) is 0 Å². The molecular weight excluding hydrogens is 252 g/mol. The highest BCUT2D eigenvalue weighted by Crippen LogP contribution is 2.25. The van der Waals surface area contributed by atoms with E-state index >= 15 is 0 Å².